The number of carbonyl (C=O) groups excluding carboxylic acids is 1. The fraction of sp³-hybridized carbons (Fsp3) is 0.258. The molecular weight excluding hydrogens is 518 g/mol. The zero-order valence-electron chi connectivity index (χ0n) is 23.0. The zero-order valence-corrected chi connectivity index (χ0v) is 23.0. The summed E-state index contributed by atoms with van der Waals surface area (Å²) < 4.78 is 8.57. The zero-order chi connectivity index (χ0) is 28.7. The minimum atomic E-state index is -0.637. The lowest BCUT2D eigenvalue weighted by Crippen LogP contribution is -2.38. The number of hydrogen-bond acceptors (Lipinski definition) is 6. The van der Waals surface area contributed by atoms with E-state index in [0.717, 1.165) is 39.5 Å². The van der Waals surface area contributed by atoms with Gasteiger partial charge in [0.25, 0.3) is 0 Å². The van der Waals surface area contributed by atoms with Gasteiger partial charge in [0, 0.05) is 30.8 Å². The molecule has 6 rings (SSSR count). The molecule has 3 aromatic heterocycles. The molecule has 2 aromatic carbocycles. The number of aromatic nitrogens is 4. The number of anilines is 1. The summed E-state index contributed by atoms with van der Waals surface area (Å²) in [6.07, 6.45) is 4.22. The summed E-state index contributed by atoms with van der Waals surface area (Å²) in [5.74, 6) is 0.440. The first-order valence-corrected chi connectivity index (χ1v) is 13.4. The molecule has 1 saturated heterocycles. The predicted molar refractivity (Wildman–Crippen MR) is 157 cm³/mol. The second-order valence-corrected chi connectivity index (χ2v) is 10.8. The molecule has 5 aromatic rings. The van der Waals surface area contributed by atoms with E-state index in [9.17, 15) is 14.9 Å². The number of imidazole rings is 1. The van der Waals surface area contributed by atoms with Gasteiger partial charge in [-0.1, -0.05) is 18.2 Å². The average molecular weight is 548 g/mol. The molecule has 1 fully saturated rings. The van der Waals surface area contributed by atoms with E-state index < -0.39 is 5.41 Å². The third-order valence-electron chi connectivity index (χ3n) is 7.61. The molecule has 1 unspecified atom stereocenters. The summed E-state index contributed by atoms with van der Waals surface area (Å²) >= 11 is 0. The Bertz CT molecular complexity index is 1870. The van der Waals surface area contributed by atoms with Crippen molar-refractivity contribution >= 4 is 33.8 Å². The maximum Gasteiger partial charge on any atom is 0.333 e. The first kappa shape index (κ1) is 26.2. The Labute approximate surface area is 236 Å². The largest absolute Gasteiger partial charge is 0.379 e. The summed E-state index contributed by atoms with van der Waals surface area (Å²) in [4.78, 5) is 34.8. The average Bonchev–Trinajstić information content (AvgIpc) is 3.59. The lowest BCUT2D eigenvalue weighted by atomic mass is 9.86. The Morgan fingerprint density at radius 1 is 1.07 bits per heavy atom. The van der Waals surface area contributed by atoms with E-state index in [-0.39, 0.29) is 17.8 Å². The van der Waals surface area contributed by atoms with E-state index in [2.05, 4.69) is 26.7 Å². The summed E-state index contributed by atoms with van der Waals surface area (Å²) in [6.45, 7) is 4.90. The van der Waals surface area contributed by atoms with Crippen LogP contribution in [0.1, 0.15) is 25.8 Å². The van der Waals surface area contributed by atoms with E-state index in [1.165, 1.54) is 0 Å². The molecule has 1 aliphatic heterocycles. The van der Waals surface area contributed by atoms with Crippen LogP contribution in [0, 0.1) is 11.3 Å². The van der Waals surface area contributed by atoms with Crippen LogP contribution in [0.2, 0.25) is 0 Å². The van der Waals surface area contributed by atoms with E-state index in [4.69, 9.17) is 4.74 Å². The van der Waals surface area contributed by atoms with Crippen LogP contribution in [0.15, 0.2) is 71.8 Å². The molecule has 0 bridgehead atoms. The third-order valence-corrected chi connectivity index (χ3v) is 7.61. The van der Waals surface area contributed by atoms with Crippen molar-refractivity contribution in [2.75, 3.05) is 18.5 Å². The van der Waals surface area contributed by atoms with Crippen molar-refractivity contribution in [2.45, 2.75) is 31.7 Å². The summed E-state index contributed by atoms with van der Waals surface area (Å²) in [5.41, 5.74) is 4.71. The molecule has 2 N–H and O–H groups in total. The van der Waals surface area contributed by atoms with Gasteiger partial charge in [0.05, 0.1) is 52.6 Å². The van der Waals surface area contributed by atoms with Crippen LogP contribution in [0.25, 0.3) is 38.8 Å². The molecule has 41 heavy (non-hydrogen) atoms. The number of nitrogens with zero attached hydrogens (tertiary/aromatic N) is 5. The molecule has 10 heteroatoms. The molecule has 2 amide bonds. The number of urea groups is 1. The molecule has 1 atom stereocenters. The highest BCUT2D eigenvalue weighted by molar-refractivity contribution is 6.04. The molecule has 1 aliphatic rings. The van der Waals surface area contributed by atoms with Gasteiger partial charge in [-0.3, -0.25) is 19.4 Å². The lowest BCUT2D eigenvalue weighted by Gasteiger charge is -2.16. The number of amides is 2. The highest BCUT2D eigenvalue weighted by Crippen LogP contribution is 2.31. The van der Waals surface area contributed by atoms with Crippen molar-refractivity contribution in [1.29, 1.82) is 5.26 Å². The Hall–Kier alpha value is -5.01. The van der Waals surface area contributed by atoms with Gasteiger partial charge >= 0.3 is 11.7 Å². The van der Waals surface area contributed by atoms with Crippen LogP contribution < -0.4 is 16.3 Å². The van der Waals surface area contributed by atoms with Crippen molar-refractivity contribution < 1.29 is 9.53 Å². The summed E-state index contributed by atoms with van der Waals surface area (Å²) in [7, 11) is 1.73. The third kappa shape index (κ3) is 4.81. The number of pyridine rings is 2. The Morgan fingerprint density at radius 3 is 2.54 bits per heavy atom. The fourth-order valence-corrected chi connectivity index (χ4v) is 5.13. The molecular formula is C31H29N7O3. The Morgan fingerprint density at radius 2 is 1.85 bits per heavy atom. The number of rotatable bonds is 5. The first-order chi connectivity index (χ1) is 19.7. The highest BCUT2D eigenvalue weighted by atomic mass is 16.5. The van der Waals surface area contributed by atoms with E-state index in [1.807, 2.05) is 62.4 Å². The van der Waals surface area contributed by atoms with Crippen molar-refractivity contribution in [3.05, 3.63) is 83.0 Å². The first-order valence-electron chi connectivity index (χ1n) is 13.4. The predicted octanol–water partition coefficient (Wildman–Crippen LogP) is 4.65. The number of benzene rings is 2. The van der Waals surface area contributed by atoms with E-state index in [1.54, 1.807) is 34.6 Å². The maximum absolute atomic E-state index is 13.4. The van der Waals surface area contributed by atoms with Gasteiger partial charge in [0.15, 0.2) is 0 Å². The number of fused-ring (bicyclic) bond motifs is 3. The topological polar surface area (TPSA) is 127 Å². The number of hydrogen-bond donors (Lipinski definition) is 2. The van der Waals surface area contributed by atoms with Crippen molar-refractivity contribution in [2.24, 2.45) is 7.05 Å². The van der Waals surface area contributed by atoms with E-state index >= 15 is 0 Å². The van der Waals surface area contributed by atoms with Crippen LogP contribution in [0.5, 0.6) is 0 Å². The molecule has 4 heterocycles. The second kappa shape index (κ2) is 10.2. The standard InChI is InChI=1S/C31H29N7O3/c1-31(2,18-32)21-6-8-23(9-7-21)38-28-24-14-19(4-10-25(24)33-16-26(28)37(3)30(38)40)20-5-11-27(34-15-20)36-29(39)35-22-12-13-41-17-22/h4-11,14-16,22H,12-13,17H2,1-3H3,(H2,34,35,36,39). The minimum Gasteiger partial charge on any atom is -0.379 e. The minimum absolute atomic E-state index is 0.00929. The number of nitrogens with one attached hydrogen (secondary N) is 2. The van der Waals surface area contributed by atoms with Gasteiger partial charge in [0.2, 0.25) is 0 Å². The molecule has 0 radical (unpaired) electrons. The van der Waals surface area contributed by atoms with Crippen LogP contribution in [0.3, 0.4) is 0 Å². The maximum atomic E-state index is 13.4. The quantitative estimate of drug-likeness (QED) is 0.330. The highest BCUT2D eigenvalue weighted by Gasteiger charge is 2.21. The monoisotopic (exact) mass is 547 g/mol. The van der Waals surface area contributed by atoms with Gasteiger partial charge < -0.3 is 10.1 Å². The second-order valence-electron chi connectivity index (χ2n) is 10.8. The molecule has 0 saturated carbocycles. The number of carbonyl (C=O) groups is 1. The van der Waals surface area contributed by atoms with Crippen LogP contribution >= 0.6 is 0 Å². The molecule has 206 valence electrons. The van der Waals surface area contributed by atoms with Gasteiger partial charge in [-0.25, -0.2) is 14.6 Å². The summed E-state index contributed by atoms with van der Waals surface area (Å²) in [6, 6.07) is 19.1. The van der Waals surface area contributed by atoms with Crippen LogP contribution in [-0.2, 0) is 17.2 Å². The van der Waals surface area contributed by atoms with Crippen molar-refractivity contribution in [3.8, 4) is 22.9 Å². The normalized spacial score (nSPS) is 15.2. The molecule has 10 nitrogen and oxygen atoms in total. The van der Waals surface area contributed by atoms with Crippen LogP contribution in [0.4, 0.5) is 10.6 Å². The van der Waals surface area contributed by atoms with Gasteiger partial charge in [-0.05, 0) is 67.8 Å². The molecule has 0 aliphatic carbocycles. The van der Waals surface area contributed by atoms with Gasteiger partial charge in [-0.15, -0.1) is 0 Å². The molecule has 0 spiro atoms. The number of aryl methyl sites for hydroxylation is 1. The smallest absolute Gasteiger partial charge is 0.333 e. The van der Waals surface area contributed by atoms with Crippen molar-refractivity contribution in [3.63, 3.8) is 0 Å². The lowest BCUT2D eigenvalue weighted by molar-refractivity contribution is 0.189. The number of nitriles is 1. The fourth-order valence-electron chi connectivity index (χ4n) is 5.13. The van der Waals surface area contributed by atoms with Gasteiger partial charge in [0.1, 0.15) is 5.82 Å². The van der Waals surface area contributed by atoms with E-state index in [0.29, 0.717) is 30.2 Å². The Balaban J connectivity index is 1.37. The Kier molecular flexibility index (Phi) is 6.52. The SMILES string of the molecule is Cn1c(=O)n(-c2ccc(C(C)(C)C#N)cc2)c2c3cc(-c4ccc(NC(=O)NC5CCOC5)nc4)ccc3ncc21. The number of ether oxygens (including phenoxy) is 1. The van der Waals surface area contributed by atoms with Gasteiger partial charge in [-0.2, -0.15) is 5.26 Å². The van der Waals surface area contributed by atoms with Crippen LogP contribution in [-0.4, -0.2) is 44.4 Å². The summed E-state index contributed by atoms with van der Waals surface area (Å²) in [5, 5.41) is 16.0. The van der Waals surface area contributed by atoms with Crippen molar-refractivity contribution in [1.82, 2.24) is 24.4 Å².